The van der Waals surface area contributed by atoms with E-state index in [1.807, 2.05) is 0 Å². The van der Waals surface area contributed by atoms with Crippen molar-refractivity contribution in [1.29, 1.82) is 0 Å². The quantitative estimate of drug-likeness (QED) is 0.815. The molecule has 0 aromatic carbocycles. The Morgan fingerprint density at radius 2 is 2.50 bits per heavy atom. The van der Waals surface area contributed by atoms with Gasteiger partial charge in [-0.25, -0.2) is 0 Å². The molecule has 0 bridgehead atoms. The van der Waals surface area contributed by atoms with Crippen LogP contribution in [-0.2, 0) is 6.42 Å². The summed E-state index contributed by atoms with van der Waals surface area (Å²) in [7, 11) is 0. The van der Waals surface area contributed by atoms with Crippen LogP contribution < -0.4 is 5.32 Å². The van der Waals surface area contributed by atoms with Crippen molar-refractivity contribution < 1.29 is 4.52 Å². The molecule has 2 heterocycles. The summed E-state index contributed by atoms with van der Waals surface area (Å²) in [6.07, 6.45) is 3.50. The lowest BCUT2D eigenvalue weighted by Crippen LogP contribution is -2.55. The molecule has 0 spiro atoms. The zero-order valence-corrected chi connectivity index (χ0v) is 10.0. The van der Waals surface area contributed by atoms with E-state index >= 15 is 0 Å². The van der Waals surface area contributed by atoms with Crippen molar-refractivity contribution in [2.75, 3.05) is 19.6 Å². The maximum atomic E-state index is 5.01. The number of nitrogens with one attached hydrogen (secondary N) is 1. The van der Waals surface area contributed by atoms with E-state index in [1.54, 1.807) is 0 Å². The number of hydrogen-bond acceptors (Lipinski definition) is 5. The van der Waals surface area contributed by atoms with Crippen LogP contribution in [0.2, 0.25) is 0 Å². The maximum Gasteiger partial charge on any atom is 0.227 e. The van der Waals surface area contributed by atoms with Crippen LogP contribution in [0.4, 0.5) is 0 Å². The van der Waals surface area contributed by atoms with Gasteiger partial charge in [0.2, 0.25) is 5.89 Å². The van der Waals surface area contributed by atoms with Gasteiger partial charge < -0.3 is 9.84 Å². The molecule has 2 atom stereocenters. The number of piperazine rings is 1. The van der Waals surface area contributed by atoms with E-state index in [9.17, 15) is 0 Å². The van der Waals surface area contributed by atoms with E-state index in [0.717, 1.165) is 31.9 Å². The Kier molecular flexibility index (Phi) is 3.90. The minimum atomic E-state index is 0.589. The molecule has 1 fully saturated rings. The normalized spacial score (nSPS) is 27.1. The topological polar surface area (TPSA) is 54.2 Å². The van der Waals surface area contributed by atoms with Crippen LogP contribution in [-0.4, -0.2) is 46.8 Å². The molecule has 1 aromatic heterocycles. The molecule has 0 radical (unpaired) electrons. The summed E-state index contributed by atoms with van der Waals surface area (Å²) in [4.78, 5) is 6.54. The van der Waals surface area contributed by atoms with Gasteiger partial charge in [0.15, 0.2) is 6.33 Å². The summed E-state index contributed by atoms with van der Waals surface area (Å²) in [5.74, 6) is 0.735. The monoisotopic (exact) mass is 224 g/mol. The molecule has 0 amide bonds. The molecule has 0 aliphatic carbocycles. The highest BCUT2D eigenvalue weighted by molar-refractivity contribution is 4.85. The molecule has 1 aliphatic heterocycles. The lowest BCUT2D eigenvalue weighted by Gasteiger charge is -2.38. The summed E-state index contributed by atoms with van der Waals surface area (Å²) in [6.45, 7) is 7.67. The lowest BCUT2D eigenvalue weighted by atomic mass is 10.1. The van der Waals surface area contributed by atoms with Crippen LogP contribution in [0.25, 0.3) is 0 Å². The summed E-state index contributed by atoms with van der Waals surface area (Å²) in [6, 6.07) is 1.21. The zero-order chi connectivity index (χ0) is 11.4. The Hall–Kier alpha value is -0.940. The molecule has 1 aromatic rings. The van der Waals surface area contributed by atoms with Gasteiger partial charge in [-0.15, -0.1) is 0 Å². The molecule has 1 N–H and O–H groups in total. The highest BCUT2D eigenvalue weighted by Crippen LogP contribution is 2.09. The van der Waals surface area contributed by atoms with Gasteiger partial charge in [0, 0.05) is 38.1 Å². The van der Waals surface area contributed by atoms with Gasteiger partial charge in [-0.2, -0.15) is 4.98 Å². The summed E-state index contributed by atoms with van der Waals surface area (Å²) in [5.41, 5.74) is 0. The highest BCUT2D eigenvalue weighted by atomic mass is 16.5. The first-order valence-corrected chi connectivity index (χ1v) is 6.02. The van der Waals surface area contributed by atoms with Gasteiger partial charge in [-0.3, -0.25) is 4.90 Å². The molecule has 90 valence electrons. The molecule has 1 aliphatic rings. The average Bonchev–Trinajstić information content (AvgIpc) is 2.81. The number of rotatable bonds is 4. The molecule has 5 heteroatoms. The predicted molar refractivity (Wildman–Crippen MR) is 61.1 cm³/mol. The Labute approximate surface area is 96.2 Å². The molecule has 1 saturated heterocycles. The zero-order valence-electron chi connectivity index (χ0n) is 10.0. The van der Waals surface area contributed by atoms with Crippen molar-refractivity contribution in [2.45, 2.75) is 38.8 Å². The number of aromatic nitrogens is 2. The van der Waals surface area contributed by atoms with Crippen molar-refractivity contribution in [2.24, 2.45) is 0 Å². The minimum Gasteiger partial charge on any atom is -0.340 e. The van der Waals surface area contributed by atoms with Gasteiger partial charge in [0.25, 0.3) is 0 Å². The second-order valence-corrected chi connectivity index (χ2v) is 4.44. The summed E-state index contributed by atoms with van der Waals surface area (Å²) < 4.78 is 5.01. The Balaban J connectivity index is 1.82. The largest absolute Gasteiger partial charge is 0.340 e. The third-order valence-electron chi connectivity index (χ3n) is 3.29. The van der Waals surface area contributed by atoms with E-state index in [0.29, 0.717) is 12.1 Å². The molecule has 2 unspecified atom stereocenters. The predicted octanol–water partition coefficient (Wildman–Crippen LogP) is 0.684. The van der Waals surface area contributed by atoms with Crippen LogP contribution in [0.15, 0.2) is 10.9 Å². The van der Waals surface area contributed by atoms with Crippen LogP contribution in [0, 0.1) is 0 Å². The fourth-order valence-corrected chi connectivity index (χ4v) is 2.12. The molecule has 16 heavy (non-hydrogen) atoms. The van der Waals surface area contributed by atoms with Gasteiger partial charge in [0.05, 0.1) is 0 Å². The second kappa shape index (κ2) is 5.41. The van der Waals surface area contributed by atoms with Crippen molar-refractivity contribution in [3.8, 4) is 0 Å². The molecule has 2 rings (SSSR count). The average molecular weight is 224 g/mol. The van der Waals surface area contributed by atoms with Gasteiger partial charge in [-0.05, 0) is 13.3 Å². The van der Waals surface area contributed by atoms with Gasteiger partial charge in [0.1, 0.15) is 0 Å². The Morgan fingerprint density at radius 3 is 3.19 bits per heavy atom. The van der Waals surface area contributed by atoms with Crippen molar-refractivity contribution >= 4 is 0 Å². The molecule has 5 nitrogen and oxygen atoms in total. The molecular weight excluding hydrogens is 204 g/mol. The second-order valence-electron chi connectivity index (χ2n) is 4.44. The number of nitrogens with zero attached hydrogens (tertiary/aromatic N) is 3. The van der Waals surface area contributed by atoms with Crippen molar-refractivity contribution in [3.63, 3.8) is 0 Å². The Morgan fingerprint density at radius 1 is 1.62 bits per heavy atom. The van der Waals surface area contributed by atoms with Crippen LogP contribution >= 0.6 is 0 Å². The smallest absolute Gasteiger partial charge is 0.227 e. The van der Waals surface area contributed by atoms with E-state index in [4.69, 9.17) is 4.52 Å². The first-order valence-electron chi connectivity index (χ1n) is 6.02. The van der Waals surface area contributed by atoms with E-state index in [2.05, 4.69) is 34.2 Å². The molecule has 0 saturated carbocycles. The van der Waals surface area contributed by atoms with Gasteiger partial charge in [-0.1, -0.05) is 12.1 Å². The van der Waals surface area contributed by atoms with Crippen LogP contribution in [0.1, 0.15) is 26.2 Å². The summed E-state index contributed by atoms with van der Waals surface area (Å²) >= 11 is 0. The van der Waals surface area contributed by atoms with Gasteiger partial charge >= 0.3 is 0 Å². The van der Waals surface area contributed by atoms with Crippen LogP contribution in [0.3, 0.4) is 0 Å². The van der Waals surface area contributed by atoms with E-state index in [1.165, 1.54) is 12.7 Å². The van der Waals surface area contributed by atoms with E-state index in [-0.39, 0.29) is 0 Å². The fourth-order valence-electron chi connectivity index (χ4n) is 2.12. The third-order valence-corrected chi connectivity index (χ3v) is 3.29. The summed E-state index contributed by atoms with van der Waals surface area (Å²) in [5, 5.41) is 7.17. The number of hydrogen-bond donors (Lipinski definition) is 1. The Bertz CT molecular complexity index is 301. The lowest BCUT2D eigenvalue weighted by molar-refractivity contribution is 0.137. The van der Waals surface area contributed by atoms with Crippen LogP contribution in [0.5, 0.6) is 0 Å². The fraction of sp³-hybridized carbons (Fsp3) is 0.818. The third kappa shape index (κ3) is 2.80. The first-order chi connectivity index (χ1) is 7.79. The highest BCUT2D eigenvalue weighted by Gasteiger charge is 2.23. The minimum absolute atomic E-state index is 0.589. The van der Waals surface area contributed by atoms with Crippen molar-refractivity contribution in [3.05, 3.63) is 12.2 Å². The van der Waals surface area contributed by atoms with E-state index < -0.39 is 0 Å². The standard InChI is InChI=1S/C11H20N4O/c1-3-10-7-15(9(2)6-12-10)5-4-11-13-8-14-16-11/h8-10,12H,3-7H2,1-2H3. The van der Waals surface area contributed by atoms with Crippen molar-refractivity contribution in [1.82, 2.24) is 20.4 Å². The first kappa shape index (κ1) is 11.5. The SMILES string of the molecule is CCC1CN(CCc2ncno2)C(C)CN1. The molecular formula is C11H20N4O. The maximum absolute atomic E-state index is 5.01.